The quantitative estimate of drug-likeness (QED) is 0.803. The molecule has 0 radical (unpaired) electrons. The second-order valence-corrected chi connectivity index (χ2v) is 4.90. The molecule has 0 N–H and O–H groups in total. The van der Waals surface area contributed by atoms with Crippen LogP contribution in [0, 0.1) is 20.8 Å². The van der Waals surface area contributed by atoms with Crippen LogP contribution in [-0.4, -0.2) is 27.6 Å². The van der Waals surface area contributed by atoms with Gasteiger partial charge in [0.2, 0.25) is 0 Å². The minimum atomic E-state index is -0.420. The van der Waals surface area contributed by atoms with E-state index in [9.17, 15) is 4.79 Å². The first-order valence-electron chi connectivity index (χ1n) is 6.65. The Morgan fingerprint density at radius 1 is 1.20 bits per heavy atom. The maximum atomic E-state index is 11.7. The molecular weight excluding hydrogens is 254 g/mol. The van der Waals surface area contributed by atoms with Crippen LogP contribution in [0.5, 0.6) is 0 Å². The van der Waals surface area contributed by atoms with Crippen LogP contribution in [0.2, 0.25) is 0 Å². The average molecular weight is 273 g/mol. The topological polar surface area (TPSA) is 57.0 Å². The lowest BCUT2D eigenvalue weighted by atomic mass is 10.1. The van der Waals surface area contributed by atoms with Crippen LogP contribution in [0.15, 0.2) is 18.2 Å². The van der Waals surface area contributed by atoms with E-state index < -0.39 is 5.97 Å². The molecule has 0 amide bonds. The maximum Gasteiger partial charge on any atom is 0.360 e. The van der Waals surface area contributed by atoms with Crippen LogP contribution >= 0.6 is 0 Å². The second-order valence-electron chi connectivity index (χ2n) is 4.90. The number of rotatable bonds is 4. The molecule has 0 bridgehead atoms. The Hall–Kier alpha value is -2.17. The molecule has 0 unspecified atom stereocenters. The van der Waals surface area contributed by atoms with E-state index in [1.54, 1.807) is 11.6 Å². The molecule has 2 rings (SSSR count). The predicted octanol–water partition coefficient (Wildman–Crippen LogP) is 2.43. The van der Waals surface area contributed by atoms with Crippen LogP contribution in [0.3, 0.4) is 0 Å². The van der Waals surface area contributed by atoms with Gasteiger partial charge in [-0.2, -0.15) is 0 Å². The summed E-state index contributed by atoms with van der Waals surface area (Å²) in [6.07, 6.45) is 0. The first-order chi connectivity index (χ1) is 9.51. The second kappa shape index (κ2) is 5.86. The Bertz CT molecular complexity index is 612. The third kappa shape index (κ3) is 3.04. The summed E-state index contributed by atoms with van der Waals surface area (Å²) in [7, 11) is 0. The standard InChI is InChI=1S/C15H19N3O2/c1-5-20-15(19)14-12(4)18(17-16-14)9-13-7-10(2)6-11(3)8-13/h6-8H,5,9H2,1-4H3. The number of nitrogens with zero attached hydrogens (tertiary/aromatic N) is 3. The summed E-state index contributed by atoms with van der Waals surface area (Å²) < 4.78 is 6.68. The predicted molar refractivity (Wildman–Crippen MR) is 75.7 cm³/mol. The van der Waals surface area contributed by atoms with Crippen molar-refractivity contribution in [1.82, 2.24) is 15.0 Å². The van der Waals surface area contributed by atoms with E-state index in [0.717, 1.165) is 11.3 Å². The molecule has 20 heavy (non-hydrogen) atoms. The number of esters is 1. The van der Waals surface area contributed by atoms with Crippen molar-refractivity contribution in [2.45, 2.75) is 34.2 Å². The highest BCUT2D eigenvalue weighted by molar-refractivity contribution is 5.88. The summed E-state index contributed by atoms with van der Waals surface area (Å²) in [6, 6.07) is 6.35. The molecular formula is C15H19N3O2. The van der Waals surface area contributed by atoms with Crippen molar-refractivity contribution in [2.24, 2.45) is 0 Å². The van der Waals surface area contributed by atoms with E-state index >= 15 is 0 Å². The molecule has 1 aromatic carbocycles. The first kappa shape index (κ1) is 14.2. The summed E-state index contributed by atoms with van der Waals surface area (Å²) in [5.41, 5.74) is 4.58. The van der Waals surface area contributed by atoms with Gasteiger partial charge in [-0.3, -0.25) is 0 Å². The number of hydrogen-bond donors (Lipinski definition) is 0. The van der Waals surface area contributed by atoms with Crippen LogP contribution in [0.25, 0.3) is 0 Å². The molecule has 0 fully saturated rings. The molecule has 0 saturated heterocycles. The molecule has 0 aliphatic rings. The highest BCUT2D eigenvalue weighted by Crippen LogP contribution is 2.12. The lowest BCUT2D eigenvalue weighted by Crippen LogP contribution is -2.09. The number of carbonyl (C=O) groups is 1. The van der Waals surface area contributed by atoms with E-state index in [4.69, 9.17) is 4.74 Å². The monoisotopic (exact) mass is 273 g/mol. The molecule has 2 aromatic rings. The Balaban J connectivity index is 2.24. The molecule has 1 heterocycles. The summed E-state index contributed by atoms with van der Waals surface area (Å²) >= 11 is 0. The normalized spacial score (nSPS) is 10.6. The molecule has 0 aliphatic heterocycles. The SMILES string of the molecule is CCOC(=O)c1nnn(Cc2cc(C)cc(C)c2)c1C. The van der Waals surface area contributed by atoms with Gasteiger partial charge in [-0.05, 0) is 33.3 Å². The zero-order chi connectivity index (χ0) is 14.7. The van der Waals surface area contributed by atoms with Gasteiger partial charge in [0.1, 0.15) is 0 Å². The van der Waals surface area contributed by atoms with E-state index in [1.165, 1.54) is 11.1 Å². The van der Waals surface area contributed by atoms with Gasteiger partial charge in [-0.25, -0.2) is 9.48 Å². The van der Waals surface area contributed by atoms with Gasteiger partial charge in [0.25, 0.3) is 0 Å². The Morgan fingerprint density at radius 2 is 1.85 bits per heavy atom. The fraction of sp³-hybridized carbons (Fsp3) is 0.400. The highest BCUT2D eigenvalue weighted by Gasteiger charge is 2.17. The number of hydrogen-bond acceptors (Lipinski definition) is 4. The van der Waals surface area contributed by atoms with Gasteiger partial charge in [0, 0.05) is 0 Å². The highest BCUT2D eigenvalue weighted by atomic mass is 16.5. The van der Waals surface area contributed by atoms with Gasteiger partial charge < -0.3 is 4.74 Å². The van der Waals surface area contributed by atoms with Crippen molar-refractivity contribution in [3.63, 3.8) is 0 Å². The summed E-state index contributed by atoms with van der Waals surface area (Å²) in [5, 5.41) is 7.95. The lowest BCUT2D eigenvalue weighted by molar-refractivity contribution is 0.0518. The van der Waals surface area contributed by atoms with Crippen LogP contribution in [-0.2, 0) is 11.3 Å². The van der Waals surface area contributed by atoms with Gasteiger partial charge in [-0.15, -0.1) is 5.10 Å². The third-order valence-electron chi connectivity index (χ3n) is 3.07. The Labute approximate surface area is 118 Å². The smallest absolute Gasteiger partial charge is 0.360 e. The van der Waals surface area contributed by atoms with Crippen molar-refractivity contribution < 1.29 is 9.53 Å². The van der Waals surface area contributed by atoms with Crippen molar-refractivity contribution in [2.75, 3.05) is 6.61 Å². The fourth-order valence-corrected chi connectivity index (χ4v) is 2.23. The minimum Gasteiger partial charge on any atom is -0.461 e. The number of carbonyl (C=O) groups excluding carboxylic acids is 1. The molecule has 106 valence electrons. The van der Waals surface area contributed by atoms with Gasteiger partial charge >= 0.3 is 5.97 Å². The van der Waals surface area contributed by atoms with E-state index in [2.05, 4.69) is 42.4 Å². The number of ether oxygens (including phenoxy) is 1. The van der Waals surface area contributed by atoms with Crippen molar-refractivity contribution in [3.05, 3.63) is 46.3 Å². The molecule has 5 heteroatoms. The van der Waals surface area contributed by atoms with Gasteiger partial charge in [-0.1, -0.05) is 34.5 Å². The van der Waals surface area contributed by atoms with E-state index in [-0.39, 0.29) is 5.69 Å². The number of aromatic nitrogens is 3. The molecule has 1 aromatic heterocycles. The summed E-state index contributed by atoms with van der Waals surface area (Å²) in [5.74, 6) is -0.420. The number of aryl methyl sites for hydroxylation is 2. The van der Waals surface area contributed by atoms with Crippen molar-refractivity contribution in [3.8, 4) is 0 Å². The summed E-state index contributed by atoms with van der Waals surface area (Å²) in [6.45, 7) is 8.66. The average Bonchev–Trinajstić information content (AvgIpc) is 2.70. The molecule has 0 spiro atoms. The van der Waals surface area contributed by atoms with Crippen molar-refractivity contribution >= 4 is 5.97 Å². The minimum absolute atomic E-state index is 0.288. The largest absolute Gasteiger partial charge is 0.461 e. The van der Waals surface area contributed by atoms with Gasteiger partial charge in [0.15, 0.2) is 5.69 Å². The third-order valence-corrected chi connectivity index (χ3v) is 3.07. The van der Waals surface area contributed by atoms with Crippen molar-refractivity contribution in [1.29, 1.82) is 0 Å². The zero-order valence-electron chi connectivity index (χ0n) is 12.3. The number of benzene rings is 1. The summed E-state index contributed by atoms with van der Waals surface area (Å²) in [4.78, 5) is 11.7. The molecule has 0 aliphatic carbocycles. The Kier molecular flexibility index (Phi) is 4.17. The molecule has 0 saturated carbocycles. The Morgan fingerprint density at radius 3 is 2.45 bits per heavy atom. The fourth-order valence-electron chi connectivity index (χ4n) is 2.23. The molecule has 0 atom stereocenters. The van der Waals surface area contributed by atoms with E-state index in [0.29, 0.717) is 13.2 Å². The van der Waals surface area contributed by atoms with Crippen LogP contribution in [0.1, 0.15) is 39.8 Å². The lowest BCUT2D eigenvalue weighted by Gasteiger charge is -2.06. The molecule has 5 nitrogen and oxygen atoms in total. The van der Waals surface area contributed by atoms with Gasteiger partial charge in [0.05, 0.1) is 18.8 Å². The zero-order valence-corrected chi connectivity index (χ0v) is 12.3. The first-order valence-corrected chi connectivity index (χ1v) is 6.65. The van der Waals surface area contributed by atoms with Crippen LogP contribution < -0.4 is 0 Å². The van der Waals surface area contributed by atoms with Crippen LogP contribution in [0.4, 0.5) is 0 Å². The van der Waals surface area contributed by atoms with E-state index in [1.807, 2.05) is 6.92 Å². The maximum absolute atomic E-state index is 11.7.